The van der Waals surface area contributed by atoms with Crippen LogP contribution >= 0.6 is 11.3 Å². The summed E-state index contributed by atoms with van der Waals surface area (Å²) in [5, 5.41) is 3.00. The summed E-state index contributed by atoms with van der Waals surface area (Å²) >= 11 is 1.62. The topological polar surface area (TPSA) is 56.7 Å². The van der Waals surface area contributed by atoms with Crippen LogP contribution in [0, 0.1) is 0 Å². The van der Waals surface area contributed by atoms with Crippen LogP contribution in [0.25, 0.3) is 104 Å². The fraction of sp³-hybridized carbons (Fsp3) is 0. The lowest BCUT2D eigenvalue weighted by molar-refractivity contribution is 0.669. The molecule has 5 nitrogen and oxygen atoms in total. The Labute approximate surface area is 318 Å². The smallest absolute Gasteiger partial charge is 0.238 e. The van der Waals surface area contributed by atoms with Gasteiger partial charge in [0.05, 0.1) is 33.0 Å². The summed E-state index contributed by atoms with van der Waals surface area (Å²) in [5.41, 5.74) is -1.47. The Kier molecular flexibility index (Phi) is 3.61. The average Bonchev–Trinajstić information content (AvgIpc) is 4.01. The van der Waals surface area contributed by atoms with Gasteiger partial charge in [0.15, 0.2) is 11.6 Å². The molecule has 6 heteroatoms. The van der Waals surface area contributed by atoms with Crippen molar-refractivity contribution >= 4 is 75.3 Å². The zero-order valence-electron chi connectivity index (χ0n) is 41.9. The minimum atomic E-state index is -0.745. The van der Waals surface area contributed by atoms with Crippen LogP contribution in [0.3, 0.4) is 0 Å². The van der Waals surface area contributed by atoms with Crippen LogP contribution in [0.5, 0.6) is 0 Å². The molecule has 0 atom stereocenters. The van der Waals surface area contributed by atoms with E-state index in [9.17, 15) is 4.11 Å². The van der Waals surface area contributed by atoms with Gasteiger partial charge in [0.25, 0.3) is 0 Å². The van der Waals surface area contributed by atoms with Gasteiger partial charge in [-0.15, -0.1) is 11.3 Å². The summed E-state index contributed by atoms with van der Waals surface area (Å²) in [6, 6.07) is 8.21. The van der Waals surface area contributed by atoms with Crippen molar-refractivity contribution < 1.29 is 26.3 Å². The van der Waals surface area contributed by atoms with Gasteiger partial charge in [0.2, 0.25) is 5.95 Å². The molecule has 7 aromatic carbocycles. The van der Waals surface area contributed by atoms with Gasteiger partial charge in [-0.2, -0.15) is 9.97 Å². The third-order valence-corrected chi connectivity index (χ3v) is 9.91. The Morgan fingerprint density at radius 3 is 2.10 bits per heavy atom. The maximum Gasteiger partial charge on any atom is 0.238 e. The molecule has 0 saturated heterocycles. The Morgan fingerprint density at radius 2 is 1.25 bits per heavy atom. The number of hydrogen-bond acceptors (Lipinski definition) is 5. The van der Waals surface area contributed by atoms with Crippen molar-refractivity contribution in [3.63, 3.8) is 0 Å². The fourth-order valence-electron chi connectivity index (χ4n) is 6.66. The van der Waals surface area contributed by atoms with Gasteiger partial charge in [0.1, 0.15) is 11.2 Å². The summed E-state index contributed by atoms with van der Waals surface area (Å²) in [4.78, 5) is 14.2. The molecule has 0 saturated carbocycles. The standard InChI is InChI=1S/C45H26N4OS/c1-3-12-27(13-4-1)30-18-11-20-36-40(30)32-23-22-29(26-37(32)50-36)44-46-43(28-14-5-2-6-15-28)47-45(48-44)49-34-19-9-7-16-31(34)41-35(49)24-25-39-42(41)33-17-8-10-21-38(33)51-39/h1-26H/i1D,2D,3D,4D,5D,6D,11D,12D,13D,14D,15D,18D,20D,22D,23D,26D. The molecule has 0 N–H and O–H groups in total. The molecule has 0 spiro atoms. The van der Waals surface area contributed by atoms with Gasteiger partial charge in [0, 0.05) is 52.8 Å². The van der Waals surface area contributed by atoms with Crippen molar-refractivity contribution in [1.29, 1.82) is 0 Å². The summed E-state index contributed by atoms with van der Waals surface area (Å²) < 4.78 is 150. The van der Waals surface area contributed by atoms with E-state index in [2.05, 4.69) is 4.98 Å². The largest absolute Gasteiger partial charge is 0.456 e. The lowest BCUT2D eigenvalue weighted by Gasteiger charge is -2.11. The fourth-order valence-corrected chi connectivity index (χ4v) is 7.78. The summed E-state index contributed by atoms with van der Waals surface area (Å²) in [6.07, 6.45) is 0. The van der Waals surface area contributed by atoms with E-state index in [1.807, 2.05) is 60.7 Å². The third kappa shape index (κ3) is 4.30. The molecule has 51 heavy (non-hydrogen) atoms. The summed E-state index contributed by atoms with van der Waals surface area (Å²) in [6.45, 7) is 0. The highest BCUT2D eigenvalue weighted by Gasteiger charge is 2.21. The van der Waals surface area contributed by atoms with Gasteiger partial charge < -0.3 is 4.42 Å². The maximum atomic E-state index is 9.62. The zero-order chi connectivity index (χ0) is 47.4. The number of thiophene rings is 1. The second kappa shape index (κ2) is 10.9. The van der Waals surface area contributed by atoms with Crippen molar-refractivity contribution in [3.8, 4) is 39.9 Å². The molecule has 11 rings (SSSR count). The minimum absolute atomic E-state index is 0.137. The van der Waals surface area contributed by atoms with E-state index < -0.39 is 142 Å². The van der Waals surface area contributed by atoms with Crippen LogP contribution in [-0.4, -0.2) is 19.5 Å². The van der Waals surface area contributed by atoms with Crippen LogP contribution in [0.1, 0.15) is 21.9 Å². The van der Waals surface area contributed by atoms with Crippen LogP contribution in [-0.2, 0) is 0 Å². The highest BCUT2D eigenvalue weighted by atomic mass is 32.1. The molecule has 0 unspecified atom stereocenters. The number of benzene rings is 7. The van der Waals surface area contributed by atoms with E-state index in [4.69, 9.17) is 32.2 Å². The van der Waals surface area contributed by atoms with E-state index in [1.54, 1.807) is 15.9 Å². The maximum absolute atomic E-state index is 9.62. The quantitative estimate of drug-likeness (QED) is 0.185. The predicted octanol–water partition coefficient (Wildman–Crippen LogP) is 12.2. The molecule has 0 aliphatic heterocycles. The molecule has 0 amide bonds. The van der Waals surface area contributed by atoms with Crippen LogP contribution in [0.15, 0.2) is 162 Å². The molecule has 0 bridgehead atoms. The Morgan fingerprint density at radius 1 is 0.510 bits per heavy atom. The second-order valence-electron chi connectivity index (χ2n) is 11.6. The average molecular weight is 687 g/mol. The molecule has 0 fully saturated rings. The molecule has 4 heterocycles. The number of aromatic nitrogens is 4. The second-order valence-corrected chi connectivity index (χ2v) is 12.7. The van der Waals surface area contributed by atoms with E-state index >= 15 is 0 Å². The first-order chi connectivity index (χ1) is 31.9. The molecule has 0 aliphatic carbocycles. The third-order valence-electron chi connectivity index (χ3n) is 8.77. The molecule has 238 valence electrons. The number of furan rings is 1. The van der Waals surface area contributed by atoms with Gasteiger partial charge in [-0.25, -0.2) is 4.98 Å². The van der Waals surface area contributed by atoms with E-state index in [1.165, 1.54) is 0 Å². The first kappa shape index (κ1) is 16.9. The molecular formula is C45H26N4OS. The lowest BCUT2D eigenvalue weighted by Crippen LogP contribution is -2.06. The number of rotatable bonds is 4. The predicted molar refractivity (Wildman–Crippen MR) is 211 cm³/mol. The van der Waals surface area contributed by atoms with Gasteiger partial charge in [-0.1, -0.05) is 115 Å². The van der Waals surface area contributed by atoms with Crippen molar-refractivity contribution in [2.24, 2.45) is 0 Å². The Bertz CT molecular complexity index is 4030. The lowest BCUT2D eigenvalue weighted by atomic mass is 9.99. The molecular weight excluding hydrogens is 645 g/mol. The van der Waals surface area contributed by atoms with E-state index in [0.717, 1.165) is 30.9 Å². The normalized spacial score (nSPS) is 16.3. The number of para-hydroxylation sites is 1. The van der Waals surface area contributed by atoms with E-state index in [-0.39, 0.29) is 16.7 Å². The highest BCUT2D eigenvalue weighted by molar-refractivity contribution is 7.26. The Hall–Kier alpha value is -6.63. The van der Waals surface area contributed by atoms with Gasteiger partial charge in [-0.3, -0.25) is 4.57 Å². The molecule has 4 aromatic heterocycles. The highest BCUT2D eigenvalue weighted by Crippen LogP contribution is 2.43. The SMILES string of the molecule is [2H]c1c([2H])c([2H])c(-c2nc(-c3c([2H])c([2H])c4c(oc5c([2H])c([2H])c([2H])c(-c6c([2H])c([2H])c([2H])c([2H])c6[2H])c54)c3[2H])nc(-n3c4ccccc4c4c5c(ccc43)sc3ccccc35)n2)c([2H])c1[2H]. The van der Waals surface area contributed by atoms with Crippen molar-refractivity contribution in [1.82, 2.24) is 19.5 Å². The van der Waals surface area contributed by atoms with Crippen LogP contribution in [0.4, 0.5) is 0 Å². The number of fused-ring (bicyclic) bond motifs is 10. The zero-order valence-corrected chi connectivity index (χ0v) is 26.7. The van der Waals surface area contributed by atoms with Crippen molar-refractivity contribution in [2.45, 2.75) is 0 Å². The first-order valence-corrected chi connectivity index (χ1v) is 16.5. The summed E-state index contributed by atoms with van der Waals surface area (Å²) in [7, 11) is 0. The minimum Gasteiger partial charge on any atom is -0.456 e. The van der Waals surface area contributed by atoms with Gasteiger partial charge >= 0.3 is 0 Å². The number of hydrogen-bond donors (Lipinski definition) is 0. The summed E-state index contributed by atoms with van der Waals surface area (Å²) in [5.74, 6) is -0.999. The van der Waals surface area contributed by atoms with E-state index in [0.29, 0.717) is 11.0 Å². The monoisotopic (exact) mass is 686 g/mol. The van der Waals surface area contributed by atoms with Crippen LogP contribution in [0.2, 0.25) is 0 Å². The number of nitrogens with zero attached hydrogens (tertiary/aromatic N) is 4. The molecule has 0 radical (unpaired) electrons. The van der Waals surface area contributed by atoms with Crippen LogP contribution < -0.4 is 0 Å². The van der Waals surface area contributed by atoms with Crippen molar-refractivity contribution in [3.05, 3.63) is 157 Å². The van der Waals surface area contributed by atoms with Crippen molar-refractivity contribution in [2.75, 3.05) is 0 Å². The Balaban J connectivity index is 1.27. The first-order valence-electron chi connectivity index (χ1n) is 23.6. The van der Waals surface area contributed by atoms with Gasteiger partial charge in [-0.05, 0) is 53.5 Å². The molecule has 11 aromatic rings. The molecule has 0 aliphatic rings.